The van der Waals surface area contributed by atoms with E-state index in [1.54, 1.807) is 19.2 Å². The number of aromatic hydroxyl groups is 1. The number of phenols is 1. The quantitative estimate of drug-likeness (QED) is 0.0190. The number of carbonyl (C=O) groups is 12. The van der Waals surface area contributed by atoms with E-state index in [4.69, 9.17) is 40.4 Å². The highest BCUT2D eigenvalue weighted by molar-refractivity contribution is 7.85. The Labute approximate surface area is 625 Å². The van der Waals surface area contributed by atoms with Crippen LogP contribution in [0.15, 0.2) is 24.3 Å². The van der Waals surface area contributed by atoms with Gasteiger partial charge in [-0.25, -0.2) is 4.79 Å². The number of hydrogen-bond donors (Lipinski definition) is 13. The molecule has 6 atom stereocenters. The number of amidine groups is 1. The van der Waals surface area contributed by atoms with E-state index in [0.717, 1.165) is 70.6 Å². The van der Waals surface area contributed by atoms with Gasteiger partial charge in [-0.1, -0.05) is 103 Å². The number of carboxylic acid groups (broad SMARTS) is 2. The molecule has 0 aliphatic heterocycles. The molecule has 0 aliphatic rings. The predicted octanol–water partition coefficient (Wildman–Crippen LogP) is 3.96. The van der Waals surface area contributed by atoms with Crippen LogP contribution in [-0.2, 0) is 93.0 Å². The third kappa shape index (κ3) is 52.7. The molecule has 0 saturated heterocycles. The number of carbonyl (C=O) groups excluding carboxylic acids is 10. The summed E-state index contributed by atoms with van der Waals surface area (Å²) in [5.74, 6) is -8.01. The monoisotopic (exact) mass is 1520 g/mol. The van der Waals surface area contributed by atoms with Crippen LogP contribution >= 0.6 is 0 Å². The zero-order chi connectivity index (χ0) is 79.1. The van der Waals surface area contributed by atoms with E-state index in [1.165, 1.54) is 24.0 Å². The number of ether oxygens (including phenoxy) is 4. The zero-order valence-corrected chi connectivity index (χ0v) is 63.7. The van der Waals surface area contributed by atoms with Gasteiger partial charge in [-0.2, -0.15) is 8.42 Å². The highest BCUT2D eigenvalue weighted by Gasteiger charge is 2.32. The Kier molecular flexibility index (Phi) is 53.7. The number of hydrogen-bond acceptors (Lipinski definition) is 23. The van der Waals surface area contributed by atoms with Crippen LogP contribution in [-0.4, -0.2) is 238 Å². The van der Waals surface area contributed by atoms with Crippen molar-refractivity contribution in [2.24, 2.45) is 23.3 Å². The molecule has 0 bridgehead atoms. The molecule has 5 amide bonds. The van der Waals surface area contributed by atoms with Crippen molar-refractivity contribution in [2.75, 3.05) is 98.4 Å². The molecule has 106 heavy (non-hydrogen) atoms. The first kappa shape index (κ1) is 96.8. The van der Waals surface area contributed by atoms with Gasteiger partial charge in [0.2, 0.25) is 29.5 Å². The molecule has 0 heterocycles. The molecule has 0 radical (unpaired) electrons. The Bertz CT molecular complexity index is 2920. The summed E-state index contributed by atoms with van der Waals surface area (Å²) in [5.41, 5.74) is 11.9. The number of nitrogens with zero attached hydrogens (tertiary/aromatic N) is 1. The fraction of sp³-hybridized carbons (Fsp3) is 0.740. The van der Waals surface area contributed by atoms with Crippen LogP contribution in [0, 0.1) is 17.2 Å². The van der Waals surface area contributed by atoms with Crippen molar-refractivity contribution < 1.29 is 105 Å². The maximum atomic E-state index is 13.8. The fourth-order valence-electron chi connectivity index (χ4n) is 11.3. The molecule has 0 spiro atoms. The van der Waals surface area contributed by atoms with Crippen LogP contribution in [0.4, 0.5) is 0 Å². The van der Waals surface area contributed by atoms with Crippen LogP contribution in [0.25, 0.3) is 0 Å². The first-order valence-electron chi connectivity index (χ1n) is 37.4. The van der Waals surface area contributed by atoms with Crippen molar-refractivity contribution in [3.05, 3.63) is 29.8 Å². The summed E-state index contributed by atoms with van der Waals surface area (Å²) in [6.45, 7) is 5.24. The van der Waals surface area contributed by atoms with Gasteiger partial charge in [0.05, 0.1) is 88.8 Å². The van der Waals surface area contributed by atoms with Crippen LogP contribution in [0.5, 0.6) is 5.75 Å². The number of primary amides is 1. The van der Waals surface area contributed by atoms with Crippen LogP contribution < -0.4 is 43.4 Å². The number of unbranched alkanes of at least 4 members (excludes halogenated alkanes) is 14. The average Bonchev–Trinajstić information content (AvgIpc) is 1.90. The first-order chi connectivity index (χ1) is 50.4. The summed E-state index contributed by atoms with van der Waals surface area (Å²) in [6.07, 6.45) is 15.1. The van der Waals surface area contributed by atoms with Gasteiger partial charge in [-0.3, -0.25) is 72.9 Å². The van der Waals surface area contributed by atoms with E-state index in [9.17, 15) is 81.3 Å². The van der Waals surface area contributed by atoms with E-state index >= 15 is 0 Å². The highest BCUT2D eigenvalue weighted by atomic mass is 32.2. The summed E-state index contributed by atoms with van der Waals surface area (Å²) in [5, 5.41) is 52.9. The van der Waals surface area contributed by atoms with E-state index < -0.39 is 106 Å². The standard InChI is InChI=1S/C73H124N10O22S/c1-52(2)43-58(86)47-79-59(64(88)48-80-61(73(97)98)46-69(92)81-53(3)65(89)49-83(4)62(25-17-18-26-66(74)75)63(87)45-55(71(76)94)44-54-28-30-56(84)31-29-54)24-19-20-34-77-70(93)51-105-41-38-102-36-22-23-57(85)50-104-40-39-103-37-35-78-67(90)33-32-60(72(95)96)82-68(91)27-16-14-12-10-8-6-5-7-9-11-13-15-21-42-106(99,100)101/h28-31,52-53,55,59-62,79-80,84H,5-27,32-51H2,1-4H3,(H3,74,75)(H2,76,94)(H,77,93)(H,78,90)(H,81,92)(H,82,91)(H,95,96)(H,97,98)(H,99,100,101)/t53-,55+,59-,60-,61-,62-/m0/s1. The summed E-state index contributed by atoms with van der Waals surface area (Å²) < 4.78 is 52.0. The number of Topliss-reactive ketones (excluding diaryl/α,β-unsaturated/α-hetero) is 5. The molecule has 32 nitrogen and oxygen atoms in total. The van der Waals surface area contributed by atoms with Crippen molar-refractivity contribution in [2.45, 2.75) is 237 Å². The summed E-state index contributed by atoms with van der Waals surface area (Å²) in [6, 6.07) is 0.474. The van der Waals surface area contributed by atoms with Gasteiger partial charge in [-0.05, 0) is 102 Å². The lowest BCUT2D eigenvalue weighted by atomic mass is 9.89. The topological polar surface area (TPSA) is 508 Å². The maximum Gasteiger partial charge on any atom is 0.326 e. The minimum atomic E-state index is -3.87. The minimum absolute atomic E-state index is 0.0240. The summed E-state index contributed by atoms with van der Waals surface area (Å²) in [4.78, 5) is 154. The second kappa shape index (κ2) is 58.8. The Hall–Kier alpha value is -7.24. The molecule has 1 aromatic rings. The molecule has 0 saturated carbocycles. The summed E-state index contributed by atoms with van der Waals surface area (Å²) in [7, 11) is -2.33. The van der Waals surface area contributed by atoms with E-state index in [2.05, 4.69) is 31.9 Å². The minimum Gasteiger partial charge on any atom is -0.508 e. The second-order valence-corrected chi connectivity index (χ2v) is 29.0. The van der Waals surface area contributed by atoms with Gasteiger partial charge >= 0.3 is 11.9 Å². The first-order valence-corrected chi connectivity index (χ1v) is 39.0. The number of aliphatic carboxylic acids is 2. The maximum absolute atomic E-state index is 13.8. The molecule has 0 unspecified atom stereocenters. The van der Waals surface area contributed by atoms with Crippen LogP contribution in [0.2, 0.25) is 0 Å². The number of phenolic OH excluding ortho intramolecular Hbond substituents is 1. The van der Waals surface area contributed by atoms with Gasteiger partial charge in [0, 0.05) is 64.1 Å². The van der Waals surface area contributed by atoms with Gasteiger partial charge in [0.1, 0.15) is 36.8 Å². The third-order valence-corrected chi connectivity index (χ3v) is 18.1. The molecule has 604 valence electrons. The molecule has 0 aliphatic carbocycles. The zero-order valence-electron chi connectivity index (χ0n) is 62.9. The molecule has 33 heteroatoms. The number of ketones is 5. The van der Waals surface area contributed by atoms with E-state index in [0.29, 0.717) is 50.5 Å². The number of amides is 5. The Morgan fingerprint density at radius 3 is 1.66 bits per heavy atom. The predicted molar refractivity (Wildman–Crippen MR) is 396 cm³/mol. The van der Waals surface area contributed by atoms with E-state index in [1.807, 2.05) is 13.8 Å². The fourth-order valence-corrected chi connectivity index (χ4v) is 11.9. The van der Waals surface area contributed by atoms with Crippen molar-refractivity contribution in [3.63, 3.8) is 0 Å². The number of rotatable bonds is 71. The lowest BCUT2D eigenvalue weighted by Gasteiger charge is -2.29. The molecule has 1 aromatic carbocycles. The van der Waals surface area contributed by atoms with Gasteiger partial charge < -0.3 is 72.3 Å². The molecule has 15 N–H and O–H groups in total. The molecular weight excluding hydrogens is 1400 g/mol. The number of likely N-dealkylation sites (N-methyl/N-ethyl adjacent to an activating group) is 1. The smallest absolute Gasteiger partial charge is 0.326 e. The van der Waals surface area contributed by atoms with Crippen molar-refractivity contribution >= 4 is 86.3 Å². The molecule has 1 rings (SSSR count). The molecule has 0 fully saturated rings. The van der Waals surface area contributed by atoms with Crippen molar-refractivity contribution in [1.82, 2.24) is 36.8 Å². The highest BCUT2D eigenvalue weighted by Crippen LogP contribution is 2.21. The average molecular weight is 1530 g/mol. The van der Waals surface area contributed by atoms with E-state index in [-0.39, 0.29) is 190 Å². The second-order valence-electron chi connectivity index (χ2n) is 27.4. The Balaban J connectivity index is 2.36. The molecular formula is C73H124N10O22S. The largest absolute Gasteiger partial charge is 0.508 e. The van der Waals surface area contributed by atoms with Gasteiger partial charge in [0.15, 0.2) is 23.1 Å². The lowest BCUT2D eigenvalue weighted by Crippen LogP contribution is -2.50. The number of benzene rings is 1. The summed E-state index contributed by atoms with van der Waals surface area (Å²) >= 11 is 0. The number of carboxylic acids is 2. The third-order valence-electron chi connectivity index (χ3n) is 17.3. The molecule has 0 aromatic heterocycles. The van der Waals surface area contributed by atoms with Crippen LogP contribution in [0.3, 0.4) is 0 Å². The SMILES string of the molecule is CC(C)CC(=O)CN[C@@H](CCCCNC(=O)COCCOCCCC(=O)COCCOCCNC(=O)CC[C@H](NC(=O)CCCCCCCCCCCCCCCS(=O)(=O)O)C(=O)O)C(=O)CN[C@@H](CC(=O)N[C@@H](C)C(=O)CN(C)[C@@H](CCCCC(=N)N)C(=O)C[C@@H](Cc1ccc(O)cc1)C(N)=O)C(=O)O. The number of nitrogens with one attached hydrogen (secondary N) is 7. The normalized spacial score (nSPS) is 13.2. The van der Waals surface area contributed by atoms with Crippen molar-refractivity contribution in [3.8, 4) is 5.75 Å². The van der Waals surface area contributed by atoms with Crippen LogP contribution in [0.1, 0.15) is 206 Å². The van der Waals surface area contributed by atoms with Gasteiger partial charge in [0.25, 0.3) is 10.1 Å². The Morgan fingerprint density at radius 2 is 1.07 bits per heavy atom. The Morgan fingerprint density at radius 1 is 0.509 bits per heavy atom. The lowest BCUT2D eigenvalue weighted by molar-refractivity contribution is -0.142. The van der Waals surface area contributed by atoms with Gasteiger partial charge in [-0.15, -0.1) is 0 Å². The van der Waals surface area contributed by atoms with Crippen molar-refractivity contribution in [1.29, 1.82) is 5.41 Å². The number of nitrogens with two attached hydrogens (primary N) is 2.